The van der Waals surface area contributed by atoms with Crippen LogP contribution >= 0.6 is 11.6 Å². The molecule has 0 radical (unpaired) electrons. The third-order valence-corrected chi connectivity index (χ3v) is 2.81. The molecule has 1 aromatic rings. The van der Waals surface area contributed by atoms with Crippen LogP contribution in [0.2, 0.25) is 5.02 Å². The molecule has 0 saturated heterocycles. The Morgan fingerprint density at radius 3 is 2.47 bits per heavy atom. The Morgan fingerprint density at radius 2 is 2.00 bits per heavy atom. The molecule has 104 valence electrons. The van der Waals surface area contributed by atoms with Crippen molar-refractivity contribution in [2.24, 2.45) is 0 Å². The summed E-state index contributed by atoms with van der Waals surface area (Å²) in [4.78, 5) is 24.3. The molecule has 0 spiro atoms. The average Bonchev–Trinajstić information content (AvgIpc) is 2.30. The van der Waals surface area contributed by atoms with E-state index in [0.29, 0.717) is 0 Å². The number of hydrogen-bond donors (Lipinski definition) is 3. The fourth-order valence-corrected chi connectivity index (χ4v) is 1.89. The van der Waals surface area contributed by atoms with E-state index in [-0.39, 0.29) is 27.9 Å². The lowest BCUT2D eigenvalue weighted by Crippen LogP contribution is -2.37. The van der Waals surface area contributed by atoms with Crippen LogP contribution < -0.4 is 11.1 Å². The second-order valence-corrected chi connectivity index (χ2v) is 4.74. The molecule has 0 aromatic heterocycles. The number of aromatic carboxylic acids is 1. The van der Waals surface area contributed by atoms with Gasteiger partial charge in [-0.3, -0.25) is 4.79 Å². The number of rotatable bonds is 4. The maximum atomic E-state index is 11.8. The van der Waals surface area contributed by atoms with Crippen molar-refractivity contribution in [2.75, 3.05) is 25.1 Å². The summed E-state index contributed by atoms with van der Waals surface area (Å²) in [7, 11) is 3.23. The largest absolute Gasteiger partial charge is 0.478 e. The Kier molecular flexibility index (Phi) is 4.61. The number of nitrogens with two attached hydrogens (primary N) is 1. The van der Waals surface area contributed by atoms with Gasteiger partial charge in [0.05, 0.1) is 16.3 Å². The number of hydrogen-bond acceptors (Lipinski definition) is 4. The highest BCUT2D eigenvalue weighted by Crippen LogP contribution is 2.30. The van der Waals surface area contributed by atoms with Crippen LogP contribution in [0.3, 0.4) is 0 Å². The lowest BCUT2D eigenvalue weighted by atomic mass is 10.1. The van der Waals surface area contributed by atoms with Crippen molar-refractivity contribution < 1.29 is 14.7 Å². The number of nitrogens with one attached hydrogen (secondary N) is 1. The number of anilines is 2. The fraction of sp³-hybridized carbons (Fsp3) is 0.333. The summed E-state index contributed by atoms with van der Waals surface area (Å²) in [6.45, 7) is 1.63. The van der Waals surface area contributed by atoms with Crippen molar-refractivity contribution in [1.29, 1.82) is 0 Å². The number of carbonyl (C=O) groups is 2. The number of likely N-dealkylation sites (N-methyl/N-ethyl adjacent to an activating group) is 1. The molecule has 1 atom stereocenters. The van der Waals surface area contributed by atoms with Crippen molar-refractivity contribution in [3.05, 3.63) is 22.7 Å². The lowest BCUT2D eigenvalue weighted by molar-refractivity contribution is -0.129. The number of nitrogen functional groups attached to an aromatic ring is 1. The van der Waals surface area contributed by atoms with Gasteiger partial charge >= 0.3 is 5.97 Å². The van der Waals surface area contributed by atoms with Crippen LogP contribution in [0.25, 0.3) is 0 Å². The molecule has 0 saturated carbocycles. The predicted molar refractivity (Wildman–Crippen MR) is 74.6 cm³/mol. The van der Waals surface area contributed by atoms with E-state index >= 15 is 0 Å². The van der Waals surface area contributed by atoms with Crippen LogP contribution in [0, 0.1) is 0 Å². The van der Waals surface area contributed by atoms with E-state index in [0.717, 1.165) is 0 Å². The van der Waals surface area contributed by atoms with Crippen LogP contribution in [0.4, 0.5) is 11.4 Å². The maximum absolute atomic E-state index is 11.8. The van der Waals surface area contributed by atoms with Crippen molar-refractivity contribution in [1.82, 2.24) is 4.90 Å². The van der Waals surface area contributed by atoms with E-state index in [1.165, 1.54) is 17.0 Å². The first-order chi connectivity index (χ1) is 8.73. The minimum Gasteiger partial charge on any atom is -0.478 e. The summed E-state index contributed by atoms with van der Waals surface area (Å²) in [6.07, 6.45) is 0. The number of carboxylic acids is 1. The monoisotopic (exact) mass is 285 g/mol. The van der Waals surface area contributed by atoms with E-state index in [1.807, 2.05) is 0 Å². The van der Waals surface area contributed by atoms with E-state index in [9.17, 15) is 9.59 Å². The zero-order valence-corrected chi connectivity index (χ0v) is 11.7. The van der Waals surface area contributed by atoms with Gasteiger partial charge in [-0.2, -0.15) is 0 Å². The van der Waals surface area contributed by atoms with Crippen molar-refractivity contribution >= 4 is 34.9 Å². The quantitative estimate of drug-likeness (QED) is 0.729. The first-order valence-corrected chi connectivity index (χ1v) is 5.91. The minimum atomic E-state index is -1.17. The number of carboxylic acid groups (broad SMARTS) is 1. The standard InChI is InChI=1S/C12H16ClN3O3/c1-6(11(17)16(2)3)15-10-8(12(18)19)4-7(14)5-9(10)13/h4-6,15H,14H2,1-3H3,(H,18,19). The van der Waals surface area contributed by atoms with Gasteiger partial charge in [-0.1, -0.05) is 11.6 Å². The second kappa shape index (κ2) is 5.79. The molecule has 0 aliphatic carbocycles. The topological polar surface area (TPSA) is 95.7 Å². The summed E-state index contributed by atoms with van der Waals surface area (Å²) >= 11 is 5.98. The molecule has 4 N–H and O–H groups in total. The third kappa shape index (κ3) is 3.51. The van der Waals surface area contributed by atoms with Crippen LogP contribution in [0.1, 0.15) is 17.3 Å². The summed E-state index contributed by atoms with van der Waals surface area (Å²) < 4.78 is 0. The lowest BCUT2D eigenvalue weighted by Gasteiger charge is -2.21. The molecular weight excluding hydrogens is 270 g/mol. The van der Waals surface area contributed by atoms with Crippen LogP contribution in [-0.2, 0) is 4.79 Å². The zero-order valence-electron chi connectivity index (χ0n) is 10.9. The number of benzene rings is 1. The Morgan fingerprint density at radius 1 is 1.42 bits per heavy atom. The first kappa shape index (κ1) is 15.1. The van der Waals surface area contributed by atoms with Crippen LogP contribution in [-0.4, -0.2) is 42.0 Å². The van der Waals surface area contributed by atoms with Gasteiger partial charge in [-0.05, 0) is 19.1 Å². The molecule has 1 rings (SSSR count). The summed E-state index contributed by atoms with van der Waals surface area (Å²) in [5.74, 6) is -1.36. The van der Waals surface area contributed by atoms with E-state index < -0.39 is 12.0 Å². The Balaban J connectivity index is 3.13. The van der Waals surface area contributed by atoms with Crippen LogP contribution in [0.5, 0.6) is 0 Å². The SMILES string of the molecule is CC(Nc1c(Cl)cc(N)cc1C(=O)O)C(=O)N(C)C. The Bertz CT molecular complexity index is 517. The molecular formula is C12H16ClN3O3. The third-order valence-electron chi connectivity index (χ3n) is 2.52. The van der Waals surface area contributed by atoms with Gasteiger partial charge in [0, 0.05) is 19.8 Å². The van der Waals surface area contributed by atoms with Crippen molar-refractivity contribution in [3.8, 4) is 0 Å². The van der Waals surface area contributed by atoms with E-state index in [1.54, 1.807) is 21.0 Å². The molecule has 0 bridgehead atoms. The number of nitrogens with zero attached hydrogens (tertiary/aromatic N) is 1. The fourth-order valence-electron chi connectivity index (χ4n) is 1.61. The maximum Gasteiger partial charge on any atom is 0.337 e. The Hall–Kier alpha value is -1.95. The molecule has 0 fully saturated rings. The number of carbonyl (C=O) groups excluding carboxylic acids is 1. The summed E-state index contributed by atoms with van der Waals surface area (Å²) in [6, 6.07) is 2.13. The summed E-state index contributed by atoms with van der Waals surface area (Å²) in [5.41, 5.74) is 5.92. The zero-order chi connectivity index (χ0) is 14.7. The van der Waals surface area contributed by atoms with E-state index in [2.05, 4.69) is 5.32 Å². The normalized spacial score (nSPS) is 11.8. The molecule has 6 nitrogen and oxygen atoms in total. The highest BCUT2D eigenvalue weighted by atomic mass is 35.5. The molecule has 0 aliphatic rings. The van der Waals surface area contributed by atoms with Crippen LogP contribution in [0.15, 0.2) is 12.1 Å². The van der Waals surface area contributed by atoms with Gasteiger partial charge in [0.2, 0.25) is 5.91 Å². The number of amides is 1. The summed E-state index contributed by atoms with van der Waals surface area (Å²) in [5, 5.41) is 12.1. The second-order valence-electron chi connectivity index (χ2n) is 4.33. The predicted octanol–water partition coefficient (Wildman–Crippen LogP) is 1.51. The average molecular weight is 286 g/mol. The molecule has 1 amide bonds. The van der Waals surface area contributed by atoms with Gasteiger partial charge < -0.3 is 21.1 Å². The minimum absolute atomic E-state index is 0.0663. The molecule has 7 heteroatoms. The van der Waals surface area contributed by atoms with Gasteiger partial charge in [0.25, 0.3) is 0 Å². The van der Waals surface area contributed by atoms with Gasteiger partial charge in [-0.15, -0.1) is 0 Å². The molecule has 0 heterocycles. The smallest absolute Gasteiger partial charge is 0.337 e. The van der Waals surface area contributed by atoms with Gasteiger partial charge in [0.15, 0.2) is 0 Å². The highest BCUT2D eigenvalue weighted by Gasteiger charge is 2.20. The number of halogens is 1. The van der Waals surface area contributed by atoms with E-state index in [4.69, 9.17) is 22.4 Å². The van der Waals surface area contributed by atoms with Gasteiger partial charge in [0.1, 0.15) is 6.04 Å². The molecule has 1 unspecified atom stereocenters. The van der Waals surface area contributed by atoms with Crippen molar-refractivity contribution in [3.63, 3.8) is 0 Å². The highest BCUT2D eigenvalue weighted by molar-refractivity contribution is 6.34. The molecule has 1 aromatic carbocycles. The molecule has 0 aliphatic heterocycles. The first-order valence-electron chi connectivity index (χ1n) is 5.54. The Labute approximate surface area is 116 Å². The molecule has 19 heavy (non-hydrogen) atoms. The van der Waals surface area contributed by atoms with Crippen molar-refractivity contribution in [2.45, 2.75) is 13.0 Å². The van der Waals surface area contributed by atoms with Gasteiger partial charge in [-0.25, -0.2) is 4.79 Å².